The number of carbonyl (C=O) groups is 2. The maximum atomic E-state index is 13.3. The minimum Gasteiger partial charge on any atom is -0.476 e. The second-order valence-corrected chi connectivity index (χ2v) is 5.83. The number of amides is 1. The van der Waals surface area contributed by atoms with Gasteiger partial charge in [-0.15, -0.1) is 0 Å². The molecule has 0 radical (unpaired) electrons. The Bertz CT molecular complexity index is 871. The zero-order valence-electron chi connectivity index (χ0n) is 14.2. The number of carboxylic acids is 1. The summed E-state index contributed by atoms with van der Waals surface area (Å²) < 4.78 is 0. The zero-order chi connectivity index (χ0) is 18.5. The van der Waals surface area contributed by atoms with E-state index in [1.54, 1.807) is 19.2 Å². The van der Waals surface area contributed by atoms with Crippen LogP contribution in [0.4, 0.5) is 5.69 Å². The molecule has 1 N–H and O–H groups in total. The number of benzene rings is 2. The lowest BCUT2D eigenvalue weighted by molar-refractivity contribution is -0.118. The fraction of sp³-hybridized carbons (Fsp3) is 0.0952. The molecular formula is C21H18N2O3. The third-order valence-electron chi connectivity index (χ3n) is 4.19. The van der Waals surface area contributed by atoms with E-state index in [-0.39, 0.29) is 17.3 Å². The first kappa shape index (κ1) is 17.4. The molecule has 26 heavy (non-hydrogen) atoms. The molecule has 0 fully saturated rings. The van der Waals surface area contributed by atoms with Crippen LogP contribution in [0.25, 0.3) is 0 Å². The van der Waals surface area contributed by atoms with Crippen molar-refractivity contribution in [2.45, 2.75) is 5.92 Å². The van der Waals surface area contributed by atoms with Crippen LogP contribution in [-0.4, -0.2) is 29.0 Å². The summed E-state index contributed by atoms with van der Waals surface area (Å²) in [5.74, 6) is -1.93. The summed E-state index contributed by atoms with van der Waals surface area (Å²) in [4.78, 5) is 30.0. The summed E-state index contributed by atoms with van der Waals surface area (Å²) in [6.45, 7) is 0. The van der Waals surface area contributed by atoms with Gasteiger partial charge in [-0.05, 0) is 23.3 Å². The number of hydrogen-bond donors (Lipinski definition) is 1. The van der Waals surface area contributed by atoms with E-state index < -0.39 is 11.9 Å². The number of anilines is 1. The summed E-state index contributed by atoms with van der Waals surface area (Å²) in [7, 11) is 1.57. The molecule has 1 aromatic heterocycles. The van der Waals surface area contributed by atoms with E-state index in [4.69, 9.17) is 0 Å². The van der Waals surface area contributed by atoms with Gasteiger partial charge in [-0.3, -0.25) is 4.79 Å². The molecule has 0 saturated heterocycles. The van der Waals surface area contributed by atoms with Crippen molar-refractivity contribution in [1.29, 1.82) is 0 Å². The average Bonchev–Trinajstić information content (AvgIpc) is 2.69. The van der Waals surface area contributed by atoms with Gasteiger partial charge in [0, 0.05) is 13.2 Å². The molecule has 3 aromatic rings. The number of pyridine rings is 1. The Hall–Kier alpha value is -3.47. The van der Waals surface area contributed by atoms with Gasteiger partial charge < -0.3 is 10.0 Å². The number of carbonyl (C=O) groups excluding carboxylic acids is 1. The molecule has 5 nitrogen and oxygen atoms in total. The number of aromatic nitrogens is 1. The Labute approximate surface area is 151 Å². The van der Waals surface area contributed by atoms with Gasteiger partial charge in [-0.2, -0.15) is 0 Å². The van der Waals surface area contributed by atoms with Gasteiger partial charge >= 0.3 is 5.97 Å². The first-order valence-corrected chi connectivity index (χ1v) is 8.15. The number of carboxylic acid groups (broad SMARTS) is 1. The Balaban J connectivity index is 2.05. The molecule has 0 saturated carbocycles. The highest BCUT2D eigenvalue weighted by Crippen LogP contribution is 2.29. The molecule has 0 unspecified atom stereocenters. The molecule has 130 valence electrons. The van der Waals surface area contributed by atoms with Crippen molar-refractivity contribution in [3.63, 3.8) is 0 Å². The number of rotatable bonds is 5. The van der Waals surface area contributed by atoms with E-state index in [1.165, 1.54) is 11.1 Å². The highest BCUT2D eigenvalue weighted by atomic mass is 16.4. The molecular weight excluding hydrogens is 328 g/mol. The molecule has 0 aliphatic rings. The maximum Gasteiger partial charge on any atom is 0.356 e. The highest BCUT2D eigenvalue weighted by molar-refractivity contribution is 6.04. The zero-order valence-corrected chi connectivity index (χ0v) is 14.2. The van der Waals surface area contributed by atoms with Crippen molar-refractivity contribution >= 4 is 17.6 Å². The lowest BCUT2D eigenvalue weighted by Crippen LogP contribution is -2.33. The van der Waals surface area contributed by atoms with Crippen LogP contribution in [0.1, 0.15) is 27.5 Å². The van der Waals surface area contributed by atoms with Crippen LogP contribution in [0, 0.1) is 0 Å². The average molecular weight is 346 g/mol. The summed E-state index contributed by atoms with van der Waals surface area (Å²) in [6.07, 6.45) is 1.40. The van der Waals surface area contributed by atoms with E-state index in [1.807, 2.05) is 60.7 Å². The van der Waals surface area contributed by atoms with Gasteiger partial charge in [0.25, 0.3) is 0 Å². The van der Waals surface area contributed by atoms with Crippen LogP contribution in [0.5, 0.6) is 0 Å². The van der Waals surface area contributed by atoms with Crippen LogP contribution in [-0.2, 0) is 4.79 Å². The number of likely N-dealkylation sites (N-methyl/N-ethyl adjacent to an activating group) is 1. The number of hydrogen-bond acceptors (Lipinski definition) is 3. The lowest BCUT2D eigenvalue weighted by atomic mass is 9.90. The van der Waals surface area contributed by atoms with E-state index in [9.17, 15) is 14.7 Å². The minimum atomic E-state index is -1.17. The van der Waals surface area contributed by atoms with E-state index in [0.29, 0.717) is 0 Å². The van der Waals surface area contributed by atoms with Crippen molar-refractivity contribution in [3.8, 4) is 0 Å². The van der Waals surface area contributed by atoms with Crippen LogP contribution in [0.3, 0.4) is 0 Å². The molecule has 0 aliphatic heterocycles. The van der Waals surface area contributed by atoms with E-state index >= 15 is 0 Å². The third-order valence-corrected chi connectivity index (χ3v) is 4.19. The molecule has 3 rings (SSSR count). The Kier molecular flexibility index (Phi) is 5.08. The second-order valence-electron chi connectivity index (χ2n) is 5.83. The van der Waals surface area contributed by atoms with Crippen LogP contribution >= 0.6 is 0 Å². The quantitative estimate of drug-likeness (QED) is 0.767. The standard InChI is InChI=1S/C21H18N2O3/c1-23(17-13-8-14-22-19(17)21(25)26)20(24)18(15-9-4-2-5-10-15)16-11-6-3-7-12-16/h2-14,18H,1H3,(H,25,26). The SMILES string of the molecule is CN(C(=O)C(c1ccccc1)c1ccccc1)c1cccnc1C(=O)O. The van der Waals surface area contributed by atoms with Crippen LogP contribution in [0.2, 0.25) is 0 Å². The van der Waals surface area contributed by atoms with Crippen LogP contribution in [0.15, 0.2) is 79.0 Å². The predicted molar refractivity (Wildman–Crippen MR) is 99.3 cm³/mol. The summed E-state index contributed by atoms with van der Waals surface area (Å²) >= 11 is 0. The lowest BCUT2D eigenvalue weighted by Gasteiger charge is -2.25. The fourth-order valence-corrected chi connectivity index (χ4v) is 2.91. The van der Waals surface area contributed by atoms with Gasteiger partial charge in [0.2, 0.25) is 5.91 Å². The first-order valence-electron chi connectivity index (χ1n) is 8.15. The Morgan fingerprint density at radius 2 is 1.42 bits per heavy atom. The van der Waals surface area contributed by atoms with Crippen molar-refractivity contribution in [2.24, 2.45) is 0 Å². The summed E-state index contributed by atoms with van der Waals surface area (Å²) in [5, 5.41) is 9.37. The van der Waals surface area contributed by atoms with Gasteiger partial charge in [-0.1, -0.05) is 60.7 Å². The minimum absolute atomic E-state index is 0.150. The monoisotopic (exact) mass is 346 g/mol. The molecule has 1 amide bonds. The molecule has 0 atom stereocenters. The highest BCUT2D eigenvalue weighted by Gasteiger charge is 2.28. The summed E-state index contributed by atoms with van der Waals surface area (Å²) in [6, 6.07) is 22.1. The fourth-order valence-electron chi connectivity index (χ4n) is 2.91. The van der Waals surface area contributed by atoms with Crippen molar-refractivity contribution in [3.05, 3.63) is 95.8 Å². The number of nitrogens with zero attached hydrogens (tertiary/aromatic N) is 2. The molecule has 0 spiro atoms. The maximum absolute atomic E-state index is 13.3. The molecule has 5 heteroatoms. The molecule has 2 aromatic carbocycles. The second kappa shape index (κ2) is 7.61. The van der Waals surface area contributed by atoms with Crippen LogP contribution < -0.4 is 4.90 Å². The van der Waals surface area contributed by atoms with Crippen molar-refractivity contribution in [2.75, 3.05) is 11.9 Å². The topological polar surface area (TPSA) is 70.5 Å². The van der Waals surface area contributed by atoms with Crippen molar-refractivity contribution < 1.29 is 14.7 Å². The largest absolute Gasteiger partial charge is 0.476 e. The van der Waals surface area contributed by atoms with Gasteiger partial charge in [0.1, 0.15) is 0 Å². The molecule has 1 heterocycles. The molecule has 0 bridgehead atoms. The smallest absolute Gasteiger partial charge is 0.356 e. The van der Waals surface area contributed by atoms with Gasteiger partial charge in [-0.25, -0.2) is 9.78 Å². The van der Waals surface area contributed by atoms with E-state index in [2.05, 4.69) is 4.98 Å². The number of aromatic carboxylic acids is 1. The van der Waals surface area contributed by atoms with Gasteiger partial charge in [0.05, 0.1) is 11.6 Å². The van der Waals surface area contributed by atoms with Gasteiger partial charge in [0.15, 0.2) is 5.69 Å². The summed E-state index contributed by atoms with van der Waals surface area (Å²) in [5.41, 5.74) is 1.80. The van der Waals surface area contributed by atoms with E-state index in [0.717, 1.165) is 11.1 Å². The Morgan fingerprint density at radius 1 is 0.885 bits per heavy atom. The third kappa shape index (κ3) is 3.47. The Morgan fingerprint density at radius 3 is 1.92 bits per heavy atom. The first-order chi connectivity index (χ1) is 12.6. The van der Waals surface area contributed by atoms with Crippen molar-refractivity contribution in [1.82, 2.24) is 4.98 Å². The normalized spacial score (nSPS) is 10.5. The molecule has 0 aliphatic carbocycles. The predicted octanol–water partition coefficient (Wildman–Crippen LogP) is 3.57.